The van der Waals surface area contributed by atoms with Crippen LogP contribution in [0, 0.1) is 5.92 Å². The van der Waals surface area contributed by atoms with E-state index in [0.29, 0.717) is 11.4 Å². The fourth-order valence-corrected chi connectivity index (χ4v) is 5.39. The Balaban J connectivity index is 1.51. The number of hydrogen-bond acceptors (Lipinski definition) is 4. The van der Waals surface area contributed by atoms with Crippen molar-refractivity contribution in [2.24, 2.45) is 5.92 Å². The summed E-state index contributed by atoms with van der Waals surface area (Å²) in [5, 5.41) is 7.59. The first-order chi connectivity index (χ1) is 12.1. The molecule has 2 aliphatic heterocycles. The molecule has 134 valence electrons. The first-order valence-electron chi connectivity index (χ1n) is 8.95. The summed E-state index contributed by atoms with van der Waals surface area (Å²) < 4.78 is 30.6. The average Bonchev–Trinajstić information content (AvgIpc) is 3.23. The van der Waals surface area contributed by atoms with Gasteiger partial charge in [0.2, 0.25) is 10.0 Å². The number of fused-ring (bicyclic) bond motifs is 1. The Labute approximate surface area is 148 Å². The third-order valence-corrected chi connectivity index (χ3v) is 6.75. The number of sulfonamides is 1. The zero-order valence-corrected chi connectivity index (χ0v) is 15.0. The van der Waals surface area contributed by atoms with Gasteiger partial charge in [-0.1, -0.05) is 30.3 Å². The second-order valence-corrected chi connectivity index (χ2v) is 8.65. The smallest absolute Gasteiger partial charge is 0.244 e. The maximum atomic E-state index is 12.9. The van der Waals surface area contributed by atoms with Crippen LogP contribution in [0.25, 0.3) is 0 Å². The predicted molar refractivity (Wildman–Crippen MR) is 95.8 cm³/mol. The Kier molecular flexibility index (Phi) is 4.62. The van der Waals surface area contributed by atoms with E-state index in [0.717, 1.165) is 44.5 Å². The molecule has 1 saturated heterocycles. The molecule has 1 fully saturated rings. The Morgan fingerprint density at radius 2 is 2.04 bits per heavy atom. The molecule has 0 aliphatic carbocycles. The van der Waals surface area contributed by atoms with Gasteiger partial charge in [-0.15, -0.1) is 0 Å². The molecule has 2 atom stereocenters. The largest absolute Gasteiger partial charge is 0.315 e. The van der Waals surface area contributed by atoms with Gasteiger partial charge in [-0.2, -0.15) is 5.10 Å². The summed E-state index contributed by atoms with van der Waals surface area (Å²) in [6, 6.07) is 10.1. The van der Waals surface area contributed by atoms with Crippen LogP contribution in [-0.4, -0.2) is 37.3 Å². The summed E-state index contributed by atoms with van der Waals surface area (Å²) >= 11 is 0. The molecular formula is C18H24N4O2S. The second kappa shape index (κ2) is 6.90. The van der Waals surface area contributed by atoms with Crippen molar-refractivity contribution in [1.29, 1.82) is 0 Å². The van der Waals surface area contributed by atoms with Crippen molar-refractivity contribution in [2.75, 3.05) is 13.1 Å². The molecule has 4 rings (SSSR count). The van der Waals surface area contributed by atoms with Gasteiger partial charge in [0.1, 0.15) is 4.90 Å². The zero-order valence-electron chi connectivity index (χ0n) is 14.2. The molecule has 7 heteroatoms. The van der Waals surface area contributed by atoms with Crippen LogP contribution < -0.4 is 10.0 Å². The summed E-state index contributed by atoms with van der Waals surface area (Å²) in [5.41, 5.74) is 2.09. The highest BCUT2D eigenvalue weighted by atomic mass is 32.2. The third-order valence-electron chi connectivity index (χ3n) is 5.22. The normalized spacial score (nSPS) is 23.5. The lowest BCUT2D eigenvalue weighted by molar-refractivity contribution is 0.465. The minimum atomic E-state index is -3.54. The molecule has 1 aromatic carbocycles. The van der Waals surface area contributed by atoms with Gasteiger partial charge in [-0.3, -0.25) is 4.68 Å². The van der Waals surface area contributed by atoms with Crippen LogP contribution in [0.5, 0.6) is 0 Å². The molecule has 0 unspecified atom stereocenters. The summed E-state index contributed by atoms with van der Waals surface area (Å²) in [6.45, 7) is 2.31. The number of aryl methyl sites for hydroxylation is 1. The molecule has 0 spiro atoms. The number of nitrogens with zero attached hydrogens (tertiary/aromatic N) is 2. The molecule has 25 heavy (non-hydrogen) atoms. The summed E-state index contributed by atoms with van der Waals surface area (Å²) in [6.07, 6.45) is 5.25. The van der Waals surface area contributed by atoms with Crippen molar-refractivity contribution in [1.82, 2.24) is 19.8 Å². The standard InChI is InChI=1S/C18H24N4O2S/c23-25(24,18-13-20-22-9-5-4-8-17(18)22)21-16-12-19-11-15(16)10-14-6-2-1-3-7-14/h1-3,6-7,13,15-16,19,21H,4-5,8-12H2/t15-,16+/m0/s1. The maximum absolute atomic E-state index is 12.9. The number of benzene rings is 1. The van der Waals surface area contributed by atoms with E-state index in [9.17, 15) is 8.42 Å². The van der Waals surface area contributed by atoms with E-state index in [2.05, 4.69) is 27.3 Å². The van der Waals surface area contributed by atoms with Crippen LogP contribution in [0.1, 0.15) is 24.1 Å². The lowest BCUT2D eigenvalue weighted by atomic mass is 9.95. The average molecular weight is 360 g/mol. The lowest BCUT2D eigenvalue weighted by Gasteiger charge is -2.21. The first-order valence-corrected chi connectivity index (χ1v) is 10.4. The van der Waals surface area contributed by atoms with Crippen LogP contribution in [0.4, 0.5) is 0 Å². The van der Waals surface area contributed by atoms with E-state index in [-0.39, 0.29) is 12.0 Å². The number of aromatic nitrogens is 2. The van der Waals surface area contributed by atoms with Crippen LogP contribution in [0.3, 0.4) is 0 Å². The van der Waals surface area contributed by atoms with Crippen molar-refractivity contribution in [3.63, 3.8) is 0 Å². The molecule has 0 saturated carbocycles. The summed E-state index contributed by atoms with van der Waals surface area (Å²) in [4.78, 5) is 0.359. The molecule has 1 aromatic heterocycles. The lowest BCUT2D eigenvalue weighted by Crippen LogP contribution is -2.41. The minimum absolute atomic E-state index is 0.0932. The van der Waals surface area contributed by atoms with E-state index in [4.69, 9.17) is 0 Å². The molecule has 6 nitrogen and oxygen atoms in total. The molecule has 0 amide bonds. The molecule has 2 aromatic rings. The van der Waals surface area contributed by atoms with Gasteiger partial charge < -0.3 is 5.32 Å². The van der Waals surface area contributed by atoms with Gasteiger partial charge in [-0.05, 0) is 43.7 Å². The van der Waals surface area contributed by atoms with Gasteiger partial charge in [0.25, 0.3) is 0 Å². The van der Waals surface area contributed by atoms with E-state index in [1.807, 2.05) is 22.9 Å². The van der Waals surface area contributed by atoms with Crippen LogP contribution in [0.2, 0.25) is 0 Å². The monoisotopic (exact) mass is 360 g/mol. The molecule has 0 radical (unpaired) electrons. The third kappa shape index (κ3) is 3.49. The van der Waals surface area contributed by atoms with Gasteiger partial charge >= 0.3 is 0 Å². The Bertz CT molecular complexity index is 832. The quantitative estimate of drug-likeness (QED) is 0.843. The number of rotatable bonds is 5. The highest BCUT2D eigenvalue weighted by molar-refractivity contribution is 7.89. The van der Waals surface area contributed by atoms with E-state index in [1.54, 1.807) is 0 Å². The minimum Gasteiger partial charge on any atom is -0.315 e. The molecule has 2 N–H and O–H groups in total. The maximum Gasteiger partial charge on any atom is 0.244 e. The van der Waals surface area contributed by atoms with Crippen molar-refractivity contribution >= 4 is 10.0 Å². The van der Waals surface area contributed by atoms with Crippen molar-refractivity contribution < 1.29 is 8.42 Å². The van der Waals surface area contributed by atoms with E-state index < -0.39 is 10.0 Å². The van der Waals surface area contributed by atoms with E-state index >= 15 is 0 Å². The fourth-order valence-electron chi connectivity index (χ4n) is 3.88. The number of hydrogen-bond donors (Lipinski definition) is 2. The predicted octanol–water partition coefficient (Wildman–Crippen LogP) is 1.33. The molecule has 3 heterocycles. The Morgan fingerprint density at radius 1 is 1.20 bits per heavy atom. The Hall–Kier alpha value is -1.70. The first kappa shape index (κ1) is 16.8. The summed E-state index contributed by atoms with van der Waals surface area (Å²) in [5.74, 6) is 0.253. The van der Waals surface area contributed by atoms with Crippen molar-refractivity contribution in [3.05, 3.63) is 47.8 Å². The van der Waals surface area contributed by atoms with Crippen LogP contribution in [0.15, 0.2) is 41.4 Å². The van der Waals surface area contributed by atoms with E-state index in [1.165, 1.54) is 11.8 Å². The number of nitrogens with one attached hydrogen (secondary N) is 2. The highest BCUT2D eigenvalue weighted by Gasteiger charge is 2.33. The summed E-state index contributed by atoms with van der Waals surface area (Å²) in [7, 11) is -3.54. The van der Waals surface area contributed by atoms with Gasteiger partial charge in [0.05, 0.1) is 11.9 Å². The van der Waals surface area contributed by atoms with Crippen LogP contribution in [-0.2, 0) is 29.4 Å². The van der Waals surface area contributed by atoms with Crippen molar-refractivity contribution in [3.8, 4) is 0 Å². The molecule has 0 bridgehead atoms. The van der Waals surface area contributed by atoms with Gasteiger partial charge in [0, 0.05) is 19.1 Å². The zero-order chi connectivity index (χ0) is 17.3. The highest BCUT2D eigenvalue weighted by Crippen LogP contribution is 2.24. The van der Waals surface area contributed by atoms with Gasteiger partial charge in [-0.25, -0.2) is 13.1 Å². The van der Waals surface area contributed by atoms with Crippen molar-refractivity contribution in [2.45, 2.75) is 43.2 Å². The van der Waals surface area contributed by atoms with Gasteiger partial charge in [0.15, 0.2) is 0 Å². The fraction of sp³-hybridized carbons (Fsp3) is 0.500. The SMILES string of the molecule is O=S(=O)(N[C@@H]1CNC[C@@H]1Cc1ccccc1)c1cnn2c1CCCC2. The van der Waals surface area contributed by atoms with Crippen LogP contribution >= 0.6 is 0 Å². The second-order valence-electron chi connectivity index (χ2n) is 6.97. The Morgan fingerprint density at radius 3 is 2.88 bits per heavy atom. The molecular weight excluding hydrogens is 336 g/mol. The topological polar surface area (TPSA) is 76.0 Å². The molecule has 2 aliphatic rings.